The van der Waals surface area contributed by atoms with Gasteiger partial charge in [0.2, 0.25) is 15.9 Å². The van der Waals surface area contributed by atoms with Crippen LogP contribution in [-0.2, 0) is 26.0 Å². The third-order valence-corrected chi connectivity index (χ3v) is 6.15. The van der Waals surface area contributed by atoms with Gasteiger partial charge in [-0.1, -0.05) is 48.5 Å². The van der Waals surface area contributed by atoms with Crippen LogP contribution in [-0.4, -0.2) is 51.0 Å². The van der Waals surface area contributed by atoms with Crippen LogP contribution in [0.5, 0.6) is 0 Å². The molecule has 0 fully saturated rings. The molecule has 0 heterocycles. The smallest absolute Gasteiger partial charge is 0.243 e. The highest BCUT2D eigenvalue weighted by molar-refractivity contribution is 7.89. The number of hydrogen-bond acceptors (Lipinski definition) is 4. The van der Waals surface area contributed by atoms with Gasteiger partial charge in [-0.05, 0) is 44.4 Å². The summed E-state index contributed by atoms with van der Waals surface area (Å²) in [7, 11) is -3.76. The summed E-state index contributed by atoms with van der Waals surface area (Å²) >= 11 is 0. The van der Waals surface area contributed by atoms with Gasteiger partial charge in [0.25, 0.3) is 0 Å². The fourth-order valence-electron chi connectivity index (χ4n) is 2.76. The fraction of sp³-hybridized carbons (Fsp3) is 0.409. The Kier molecular flexibility index (Phi) is 9.31. The van der Waals surface area contributed by atoms with Crippen LogP contribution in [0.25, 0.3) is 0 Å². The number of rotatable bonds is 12. The normalized spacial score (nSPS) is 11.7. The summed E-state index contributed by atoms with van der Waals surface area (Å²) in [6.45, 7) is 4.93. The largest absolute Gasteiger partial charge is 0.379 e. The SMILES string of the molecule is CC(C)OCCCNC(=O)CN(CCc1ccccc1)S(=O)(=O)c1ccccc1. The molecule has 6 nitrogen and oxygen atoms in total. The number of carbonyl (C=O) groups is 1. The van der Waals surface area contributed by atoms with E-state index in [0.29, 0.717) is 26.0 Å². The molecule has 7 heteroatoms. The van der Waals surface area contributed by atoms with E-state index in [1.807, 2.05) is 44.2 Å². The first-order valence-corrected chi connectivity index (χ1v) is 11.3. The second-order valence-corrected chi connectivity index (χ2v) is 8.95. The van der Waals surface area contributed by atoms with E-state index in [1.165, 1.54) is 4.31 Å². The molecule has 0 unspecified atom stereocenters. The van der Waals surface area contributed by atoms with E-state index in [4.69, 9.17) is 4.74 Å². The van der Waals surface area contributed by atoms with Crippen molar-refractivity contribution in [1.29, 1.82) is 0 Å². The lowest BCUT2D eigenvalue weighted by Crippen LogP contribution is -2.42. The monoisotopic (exact) mass is 418 g/mol. The van der Waals surface area contributed by atoms with Gasteiger partial charge < -0.3 is 10.1 Å². The Labute approximate surface area is 173 Å². The lowest BCUT2D eigenvalue weighted by Gasteiger charge is -2.22. The molecule has 0 saturated heterocycles. The molecule has 2 aromatic carbocycles. The molecule has 158 valence electrons. The maximum atomic E-state index is 13.1. The highest BCUT2D eigenvalue weighted by Gasteiger charge is 2.26. The van der Waals surface area contributed by atoms with Crippen molar-refractivity contribution in [2.75, 3.05) is 26.2 Å². The molecule has 0 aliphatic carbocycles. The van der Waals surface area contributed by atoms with E-state index in [9.17, 15) is 13.2 Å². The summed E-state index contributed by atoms with van der Waals surface area (Å²) in [4.78, 5) is 12.6. The number of carbonyl (C=O) groups excluding carboxylic acids is 1. The Balaban J connectivity index is 2.01. The number of nitrogens with one attached hydrogen (secondary N) is 1. The predicted octanol–water partition coefficient (Wildman–Crippen LogP) is 2.85. The van der Waals surface area contributed by atoms with E-state index >= 15 is 0 Å². The highest BCUT2D eigenvalue weighted by atomic mass is 32.2. The van der Waals surface area contributed by atoms with Crippen molar-refractivity contribution in [2.24, 2.45) is 0 Å². The molecule has 0 aromatic heterocycles. The van der Waals surface area contributed by atoms with Gasteiger partial charge in [0.1, 0.15) is 0 Å². The first-order valence-electron chi connectivity index (χ1n) is 9.87. The Morgan fingerprint density at radius 2 is 1.66 bits per heavy atom. The van der Waals surface area contributed by atoms with Gasteiger partial charge in [0, 0.05) is 19.7 Å². The van der Waals surface area contributed by atoms with Crippen LogP contribution >= 0.6 is 0 Å². The van der Waals surface area contributed by atoms with Crippen LogP contribution in [0.15, 0.2) is 65.6 Å². The minimum absolute atomic E-state index is 0.148. The molecule has 0 saturated carbocycles. The van der Waals surface area contributed by atoms with Crippen molar-refractivity contribution in [3.8, 4) is 0 Å². The minimum Gasteiger partial charge on any atom is -0.379 e. The molecular formula is C22H30N2O4S. The van der Waals surface area contributed by atoms with E-state index in [-0.39, 0.29) is 30.0 Å². The average molecular weight is 419 g/mol. The maximum absolute atomic E-state index is 13.1. The standard InChI is InChI=1S/C22H30N2O4S/c1-19(2)28-17-9-15-23-22(25)18-24(16-14-20-10-5-3-6-11-20)29(26,27)21-12-7-4-8-13-21/h3-8,10-13,19H,9,14-18H2,1-2H3,(H,23,25). The first kappa shape index (κ1) is 23.1. The third kappa shape index (κ3) is 7.97. The van der Waals surface area contributed by atoms with Crippen molar-refractivity contribution in [3.05, 3.63) is 66.2 Å². The molecule has 1 N–H and O–H groups in total. The number of sulfonamides is 1. The molecule has 0 aliphatic heterocycles. The summed E-state index contributed by atoms with van der Waals surface area (Å²) in [6.07, 6.45) is 1.36. The van der Waals surface area contributed by atoms with Crippen LogP contribution in [0.4, 0.5) is 0 Å². The van der Waals surface area contributed by atoms with Crippen molar-refractivity contribution >= 4 is 15.9 Å². The first-order chi connectivity index (χ1) is 13.9. The molecule has 0 aliphatic rings. The average Bonchev–Trinajstić information content (AvgIpc) is 2.72. The molecule has 0 atom stereocenters. The Morgan fingerprint density at radius 1 is 1.03 bits per heavy atom. The van der Waals surface area contributed by atoms with E-state index in [1.54, 1.807) is 30.3 Å². The van der Waals surface area contributed by atoms with Crippen LogP contribution < -0.4 is 5.32 Å². The summed E-state index contributed by atoms with van der Waals surface area (Å²) in [6, 6.07) is 17.8. The van der Waals surface area contributed by atoms with Gasteiger partial charge >= 0.3 is 0 Å². The van der Waals surface area contributed by atoms with Crippen molar-refractivity contribution in [2.45, 2.75) is 37.7 Å². The number of amides is 1. The van der Waals surface area contributed by atoms with Gasteiger partial charge in [-0.2, -0.15) is 4.31 Å². The molecule has 0 bridgehead atoms. The van der Waals surface area contributed by atoms with Gasteiger partial charge in [-0.25, -0.2) is 8.42 Å². The van der Waals surface area contributed by atoms with Crippen LogP contribution in [0.2, 0.25) is 0 Å². The van der Waals surface area contributed by atoms with Crippen molar-refractivity contribution in [1.82, 2.24) is 9.62 Å². The highest BCUT2D eigenvalue weighted by Crippen LogP contribution is 2.16. The second-order valence-electron chi connectivity index (χ2n) is 7.01. The van der Waals surface area contributed by atoms with Gasteiger partial charge in [0.05, 0.1) is 17.5 Å². The predicted molar refractivity (Wildman–Crippen MR) is 114 cm³/mol. The Morgan fingerprint density at radius 3 is 2.28 bits per heavy atom. The zero-order valence-electron chi connectivity index (χ0n) is 17.1. The summed E-state index contributed by atoms with van der Waals surface area (Å²) < 4.78 is 32.8. The van der Waals surface area contributed by atoms with Crippen LogP contribution in [0, 0.1) is 0 Å². The van der Waals surface area contributed by atoms with Crippen molar-refractivity contribution < 1.29 is 17.9 Å². The molecule has 2 aromatic rings. The van der Waals surface area contributed by atoms with E-state index < -0.39 is 10.0 Å². The number of nitrogens with zero attached hydrogens (tertiary/aromatic N) is 1. The van der Waals surface area contributed by atoms with Gasteiger partial charge in [-0.15, -0.1) is 0 Å². The Bertz CT molecular complexity index is 840. The second kappa shape index (κ2) is 11.7. The number of hydrogen-bond donors (Lipinski definition) is 1. The lowest BCUT2D eigenvalue weighted by molar-refractivity contribution is -0.121. The number of benzene rings is 2. The van der Waals surface area contributed by atoms with Gasteiger partial charge in [-0.3, -0.25) is 4.79 Å². The topological polar surface area (TPSA) is 75.7 Å². The molecule has 1 amide bonds. The molecule has 29 heavy (non-hydrogen) atoms. The lowest BCUT2D eigenvalue weighted by atomic mass is 10.1. The molecule has 0 spiro atoms. The molecule has 2 rings (SSSR count). The third-order valence-electron chi connectivity index (χ3n) is 4.29. The summed E-state index contributed by atoms with van der Waals surface area (Å²) in [5.74, 6) is -0.317. The Hall–Kier alpha value is -2.22. The maximum Gasteiger partial charge on any atom is 0.243 e. The quantitative estimate of drug-likeness (QED) is 0.538. The zero-order chi connectivity index (χ0) is 21.1. The van der Waals surface area contributed by atoms with Crippen molar-refractivity contribution in [3.63, 3.8) is 0 Å². The van der Waals surface area contributed by atoms with Crippen LogP contribution in [0.1, 0.15) is 25.8 Å². The summed E-state index contributed by atoms with van der Waals surface area (Å²) in [5.41, 5.74) is 1.02. The zero-order valence-corrected chi connectivity index (χ0v) is 17.9. The molecular weight excluding hydrogens is 388 g/mol. The minimum atomic E-state index is -3.76. The summed E-state index contributed by atoms with van der Waals surface area (Å²) in [5, 5.41) is 2.78. The van der Waals surface area contributed by atoms with E-state index in [2.05, 4.69) is 5.32 Å². The molecule has 0 radical (unpaired) electrons. The van der Waals surface area contributed by atoms with Crippen LogP contribution in [0.3, 0.4) is 0 Å². The van der Waals surface area contributed by atoms with Gasteiger partial charge in [0.15, 0.2) is 0 Å². The van der Waals surface area contributed by atoms with E-state index in [0.717, 1.165) is 5.56 Å². The fourth-order valence-corrected chi connectivity index (χ4v) is 4.18. The number of ether oxygens (including phenoxy) is 1.